The minimum atomic E-state index is -3.61. The maximum atomic E-state index is 12.6. The minimum absolute atomic E-state index is 0.118. The van der Waals surface area contributed by atoms with Crippen molar-refractivity contribution in [2.75, 3.05) is 17.1 Å². The van der Waals surface area contributed by atoms with Crippen molar-refractivity contribution in [1.29, 1.82) is 0 Å². The molecule has 1 amide bonds. The Bertz CT molecular complexity index is 957. The molecule has 2 aromatic carbocycles. The van der Waals surface area contributed by atoms with Gasteiger partial charge < -0.3 is 10.1 Å². The van der Waals surface area contributed by atoms with E-state index in [2.05, 4.69) is 5.32 Å². The van der Waals surface area contributed by atoms with E-state index >= 15 is 0 Å². The van der Waals surface area contributed by atoms with Crippen molar-refractivity contribution in [3.63, 3.8) is 0 Å². The number of sulfonamides is 1. The summed E-state index contributed by atoms with van der Waals surface area (Å²) in [7, 11) is -3.61. The van der Waals surface area contributed by atoms with Gasteiger partial charge in [-0.25, -0.2) is 8.42 Å². The van der Waals surface area contributed by atoms with E-state index in [0.717, 1.165) is 36.0 Å². The molecule has 6 nitrogen and oxygen atoms in total. The van der Waals surface area contributed by atoms with Gasteiger partial charge in [-0.2, -0.15) is 0 Å². The number of aryl methyl sites for hydroxylation is 2. The first-order valence-corrected chi connectivity index (χ1v) is 12.0. The van der Waals surface area contributed by atoms with Gasteiger partial charge in [0.05, 0.1) is 18.0 Å². The summed E-state index contributed by atoms with van der Waals surface area (Å²) in [6, 6.07) is 14.2. The minimum Gasteiger partial charge on any atom is -0.491 e. The molecule has 30 heavy (non-hydrogen) atoms. The van der Waals surface area contributed by atoms with Gasteiger partial charge in [0.15, 0.2) is 0 Å². The lowest BCUT2D eigenvalue weighted by Gasteiger charge is -2.28. The van der Waals surface area contributed by atoms with E-state index in [9.17, 15) is 13.2 Å². The maximum Gasteiger partial charge on any atom is 0.243 e. The smallest absolute Gasteiger partial charge is 0.243 e. The molecule has 0 fully saturated rings. The van der Waals surface area contributed by atoms with Crippen molar-refractivity contribution < 1.29 is 17.9 Å². The van der Waals surface area contributed by atoms with Crippen molar-refractivity contribution in [2.24, 2.45) is 0 Å². The molecule has 2 rings (SSSR count). The average Bonchev–Trinajstić information content (AvgIpc) is 2.64. The number of rotatable bonds is 10. The van der Waals surface area contributed by atoms with Gasteiger partial charge in [0.2, 0.25) is 15.9 Å². The van der Waals surface area contributed by atoms with Crippen LogP contribution >= 0.6 is 0 Å². The molecule has 164 valence electrons. The summed E-state index contributed by atoms with van der Waals surface area (Å²) in [5.74, 6) is 0.515. The van der Waals surface area contributed by atoms with Gasteiger partial charge in [0.1, 0.15) is 11.8 Å². The van der Waals surface area contributed by atoms with E-state index in [-0.39, 0.29) is 12.0 Å². The average molecular weight is 433 g/mol. The van der Waals surface area contributed by atoms with Gasteiger partial charge >= 0.3 is 0 Å². The quantitative estimate of drug-likeness (QED) is 0.581. The molecule has 0 aliphatic heterocycles. The molecular weight excluding hydrogens is 400 g/mol. The fraction of sp³-hybridized carbons (Fsp3) is 0.435. The Balaban J connectivity index is 1.95. The first-order chi connectivity index (χ1) is 14.1. The number of hydrogen-bond acceptors (Lipinski definition) is 4. The lowest BCUT2D eigenvalue weighted by molar-refractivity contribution is -0.121. The highest BCUT2D eigenvalue weighted by Crippen LogP contribution is 2.22. The third kappa shape index (κ3) is 7.06. The highest BCUT2D eigenvalue weighted by molar-refractivity contribution is 7.92. The Morgan fingerprint density at radius 3 is 2.43 bits per heavy atom. The van der Waals surface area contributed by atoms with Gasteiger partial charge in [-0.15, -0.1) is 0 Å². The Kier molecular flexibility index (Phi) is 8.29. The summed E-state index contributed by atoms with van der Waals surface area (Å²) in [6.45, 7) is 7.92. The molecule has 0 heterocycles. The van der Waals surface area contributed by atoms with E-state index < -0.39 is 16.1 Å². The SMILES string of the molecule is Cc1cccc(N([C@@H](C)C(=O)NCCCc2cccc(OC(C)C)c2)S(C)(=O)=O)c1. The lowest BCUT2D eigenvalue weighted by Crippen LogP contribution is -2.48. The molecule has 0 aliphatic carbocycles. The second-order valence-electron chi connectivity index (χ2n) is 7.78. The van der Waals surface area contributed by atoms with Crippen LogP contribution in [-0.4, -0.2) is 39.3 Å². The normalized spacial score (nSPS) is 12.5. The topological polar surface area (TPSA) is 75.7 Å². The summed E-state index contributed by atoms with van der Waals surface area (Å²) in [5, 5.41) is 2.86. The number of anilines is 1. The van der Waals surface area contributed by atoms with Crippen molar-refractivity contribution >= 4 is 21.6 Å². The summed E-state index contributed by atoms with van der Waals surface area (Å²) in [4.78, 5) is 12.6. The highest BCUT2D eigenvalue weighted by Gasteiger charge is 2.28. The molecule has 0 radical (unpaired) electrons. The highest BCUT2D eigenvalue weighted by atomic mass is 32.2. The number of carbonyl (C=O) groups is 1. The van der Waals surface area contributed by atoms with Gasteiger partial charge in [0.25, 0.3) is 0 Å². The fourth-order valence-electron chi connectivity index (χ4n) is 3.27. The predicted octanol–water partition coefficient (Wildman–Crippen LogP) is 3.69. The molecule has 0 saturated heterocycles. The summed E-state index contributed by atoms with van der Waals surface area (Å²) >= 11 is 0. The fourth-order valence-corrected chi connectivity index (χ4v) is 4.44. The van der Waals surface area contributed by atoms with Crippen molar-refractivity contribution in [1.82, 2.24) is 5.32 Å². The molecule has 7 heteroatoms. The molecule has 1 N–H and O–H groups in total. The second-order valence-corrected chi connectivity index (χ2v) is 9.64. The zero-order valence-electron chi connectivity index (χ0n) is 18.4. The van der Waals surface area contributed by atoms with Crippen LogP contribution in [0.25, 0.3) is 0 Å². The van der Waals surface area contributed by atoms with Crippen LogP contribution in [0.5, 0.6) is 5.75 Å². The number of benzene rings is 2. The lowest BCUT2D eigenvalue weighted by atomic mass is 10.1. The predicted molar refractivity (Wildman–Crippen MR) is 122 cm³/mol. The first kappa shape index (κ1) is 23.7. The molecule has 2 aromatic rings. The summed E-state index contributed by atoms with van der Waals surface area (Å²) < 4.78 is 31.6. The summed E-state index contributed by atoms with van der Waals surface area (Å²) in [5.41, 5.74) is 2.55. The van der Waals surface area contributed by atoms with Crippen LogP contribution in [0.1, 0.15) is 38.3 Å². The molecule has 0 aromatic heterocycles. The van der Waals surface area contributed by atoms with Crippen LogP contribution in [0.2, 0.25) is 0 Å². The van der Waals surface area contributed by atoms with E-state index in [0.29, 0.717) is 12.2 Å². The van der Waals surface area contributed by atoms with E-state index in [1.165, 1.54) is 4.31 Å². The molecule has 0 saturated carbocycles. The van der Waals surface area contributed by atoms with Crippen LogP contribution in [0.4, 0.5) is 5.69 Å². The van der Waals surface area contributed by atoms with Crippen molar-refractivity contribution in [3.8, 4) is 5.75 Å². The van der Waals surface area contributed by atoms with Crippen LogP contribution in [0.15, 0.2) is 48.5 Å². The molecular formula is C23H32N2O4S. The van der Waals surface area contributed by atoms with Gasteiger partial charge in [-0.1, -0.05) is 24.3 Å². The Labute approximate surface area is 180 Å². The van der Waals surface area contributed by atoms with E-state index in [1.54, 1.807) is 25.1 Å². The van der Waals surface area contributed by atoms with Crippen LogP contribution in [-0.2, 0) is 21.2 Å². The molecule has 0 bridgehead atoms. The number of hydrogen-bond donors (Lipinski definition) is 1. The standard InChI is InChI=1S/C23H32N2O4S/c1-17(2)29-22-13-7-10-20(16-22)11-8-14-24-23(26)19(4)25(30(5,27)28)21-12-6-9-18(3)15-21/h6-7,9-10,12-13,15-17,19H,8,11,14H2,1-5H3,(H,24,26)/t19-/m0/s1. The van der Waals surface area contributed by atoms with Gasteiger partial charge in [-0.05, 0) is 75.9 Å². The number of carbonyl (C=O) groups excluding carboxylic acids is 1. The third-order valence-electron chi connectivity index (χ3n) is 4.56. The zero-order valence-corrected chi connectivity index (χ0v) is 19.2. The number of nitrogens with one attached hydrogen (secondary N) is 1. The maximum absolute atomic E-state index is 12.6. The Hall–Kier alpha value is -2.54. The monoisotopic (exact) mass is 432 g/mol. The van der Waals surface area contributed by atoms with Crippen LogP contribution in [0.3, 0.4) is 0 Å². The second kappa shape index (κ2) is 10.5. The Morgan fingerprint density at radius 1 is 1.10 bits per heavy atom. The molecule has 1 atom stereocenters. The first-order valence-electron chi connectivity index (χ1n) is 10.2. The third-order valence-corrected chi connectivity index (χ3v) is 5.80. The van der Waals surface area contributed by atoms with Crippen molar-refractivity contribution in [3.05, 3.63) is 59.7 Å². The van der Waals surface area contributed by atoms with Gasteiger partial charge in [-0.3, -0.25) is 9.10 Å². The van der Waals surface area contributed by atoms with Gasteiger partial charge in [0, 0.05) is 6.54 Å². The van der Waals surface area contributed by atoms with Crippen LogP contribution < -0.4 is 14.4 Å². The van der Waals surface area contributed by atoms with E-state index in [1.807, 2.05) is 51.1 Å². The zero-order chi connectivity index (χ0) is 22.3. The molecule has 0 aliphatic rings. The number of nitrogens with zero attached hydrogens (tertiary/aromatic N) is 1. The largest absolute Gasteiger partial charge is 0.491 e. The number of amides is 1. The van der Waals surface area contributed by atoms with E-state index in [4.69, 9.17) is 4.74 Å². The molecule has 0 spiro atoms. The molecule has 0 unspecified atom stereocenters. The number of ether oxygens (including phenoxy) is 1. The van der Waals surface area contributed by atoms with Crippen molar-refractivity contribution in [2.45, 2.75) is 52.7 Å². The van der Waals surface area contributed by atoms with Crippen LogP contribution in [0, 0.1) is 6.92 Å². The Morgan fingerprint density at radius 2 is 1.80 bits per heavy atom. The summed E-state index contributed by atoms with van der Waals surface area (Å²) in [6.07, 6.45) is 2.77.